The molecule has 1 aromatic heterocycles. The topological polar surface area (TPSA) is 70.5 Å². The SMILES string of the molecule is O=C(O)C1CCN(C(=O)c2ccc(Cl)nc2Cl)CC1. The van der Waals surface area contributed by atoms with Crippen LogP contribution in [0.2, 0.25) is 10.3 Å². The second kappa shape index (κ2) is 5.75. The zero-order valence-electron chi connectivity index (χ0n) is 9.97. The fraction of sp³-hybridized carbons (Fsp3) is 0.417. The molecule has 1 aliphatic rings. The van der Waals surface area contributed by atoms with Gasteiger partial charge in [0, 0.05) is 13.1 Å². The molecule has 1 amide bonds. The van der Waals surface area contributed by atoms with Gasteiger partial charge in [0.25, 0.3) is 5.91 Å². The second-order valence-corrected chi connectivity index (χ2v) is 5.12. The molecule has 0 atom stereocenters. The van der Waals surface area contributed by atoms with E-state index >= 15 is 0 Å². The van der Waals surface area contributed by atoms with Crippen LogP contribution in [-0.4, -0.2) is 40.0 Å². The number of likely N-dealkylation sites (tertiary alicyclic amines) is 1. The number of aliphatic carboxylic acids is 1. The summed E-state index contributed by atoms with van der Waals surface area (Å²) in [5.74, 6) is -1.42. The van der Waals surface area contributed by atoms with E-state index in [9.17, 15) is 9.59 Å². The number of carbonyl (C=O) groups excluding carboxylic acids is 1. The highest BCUT2D eigenvalue weighted by Crippen LogP contribution is 2.22. The normalized spacial score (nSPS) is 16.4. The number of amides is 1. The quantitative estimate of drug-likeness (QED) is 0.851. The molecule has 0 unspecified atom stereocenters. The third kappa shape index (κ3) is 3.16. The molecule has 19 heavy (non-hydrogen) atoms. The monoisotopic (exact) mass is 302 g/mol. The smallest absolute Gasteiger partial charge is 0.306 e. The average molecular weight is 303 g/mol. The van der Waals surface area contributed by atoms with E-state index in [-0.39, 0.29) is 22.1 Å². The first-order chi connectivity index (χ1) is 8.99. The van der Waals surface area contributed by atoms with Crippen molar-refractivity contribution >= 4 is 35.1 Å². The Hall–Kier alpha value is -1.33. The summed E-state index contributed by atoms with van der Waals surface area (Å²) < 4.78 is 0. The van der Waals surface area contributed by atoms with E-state index in [2.05, 4.69) is 4.98 Å². The van der Waals surface area contributed by atoms with Crippen molar-refractivity contribution in [1.29, 1.82) is 0 Å². The molecular formula is C12H12Cl2N2O3. The van der Waals surface area contributed by atoms with Crippen molar-refractivity contribution in [2.24, 2.45) is 5.92 Å². The molecule has 1 saturated heterocycles. The summed E-state index contributed by atoms with van der Waals surface area (Å²) in [6.45, 7) is 0.823. The third-order valence-electron chi connectivity index (χ3n) is 3.18. The van der Waals surface area contributed by atoms with Gasteiger partial charge in [-0.25, -0.2) is 4.98 Å². The Kier molecular flexibility index (Phi) is 4.27. The van der Waals surface area contributed by atoms with Crippen LogP contribution < -0.4 is 0 Å². The van der Waals surface area contributed by atoms with Crippen LogP contribution in [0.1, 0.15) is 23.2 Å². The van der Waals surface area contributed by atoms with Gasteiger partial charge in [-0.3, -0.25) is 9.59 Å². The third-order valence-corrected chi connectivity index (χ3v) is 3.68. The van der Waals surface area contributed by atoms with E-state index < -0.39 is 5.97 Å². The number of carbonyl (C=O) groups is 2. The maximum atomic E-state index is 12.2. The predicted molar refractivity (Wildman–Crippen MR) is 70.5 cm³/mol. The lowest BCUT2D eigenvalue weighted by Gasteiger charge is -2.30. The van der Waals surface area contributed by atoms with Gasteiger partial charge in [-0.05, 0) is 25.0 Å². The largest absolute Gasteiger partial charge is 0.481 e. The Morgan fingerprint density at radius 3 is 2.42 bits per heavy atom. The predicted octanol–water partition coefficient (Wildman–Crippen LogP) is 2.33. The van der Waals surface area contributed by atoms with Crippen LogP contribution in [0.15, 0.2) is 12.1 Å². The maximum absolute atomic E-state index is 12.2. The highest BCUT2D eigenvalue weighted by molar-refractivity contribution is 6.34. The Bertz CT molecular complexity index is 514. The first-order valence-corrected chi connectivity index (χ1v) is 6.58. The van der Waals surface area contributed by atoms with E-state index in [1.807, 2.05) is 0 Å². The Morgan fingerprint density at radius 2 is 1.89 bits per heavy atom. The number of piperidine rings is 1. The number of carboxylic acids is 1. The van der Waals surface area contributed by atoms with Crippen LogP contribution in [0, 0.1) is 5.92 Å². The standard InChI is InChI=1S/C12H12Cl2N2O3/c13-9-2-1-8(10(14)15-9)11(17)16-5-3-7(4-6-16)12(18)19/h1-2,7H,3-6H2,(H,18,19). The van der Waals surface area contributed by atoms with Crippen molar-refractivity contribution < 1.29 is 14.7 Å². The Balaban J connectivity index is 2.07. The van der Waals surface area contributed by atoms with Gasteiger partial charge < -0.3 is 10.0 Å². The van der Waals surface area contributed by atoms with Gasteiger partial charge in [0.2, 0.25) is 0 Å². The molecule has 0 radical (unpaired) electrons. The maximum Gasteiger partial charge on any atom is 0.306 e. The number of aromatic nitrogens is 1. The summed E-state index contributed by atoms with van der Waals surface area (Å²) in [7, 11) is 0. The summed E-state index contributed by atoms with van der Waals surface area (Å²) in [4.78, 5) is 28.5. The molecule has 0 aliphatic carbocycles. The van der Waals surface area contributed by atoms with Gasteiger partial charge in [0.05, 0.1) is 11.5 Å². The van der Waals surface area contributed by atoms with Crippen LogP contribution in [0.25, 0.3) is 0 Å². The minimum atomic E-state index is -0.807. The minimum absolute atomic E-state index is 0.0675. The minimum Gasteiger partial charge on any atom is -0.481 e. The lowest BCUT2D eigenvalue weighted by Crippen LogP contribution is -2.40. The molecule has 1 fully saturated rings. The van der Waals surface area contributed by atoms with Crippen molar-refractivity contribution in [3.05, 3.63) is 28.0 Å². The van der Waals surface area contributed by atoms with E-state index in [4.69, 9.17) is 28.3 Å². The summed E-state index contributed by atoms with van der Waals surface area (Å²) >= 11 is 11.6. The van der Waals surface area contributed by atoms with Crippen molar-refractivity contribution in [2.45, 2.75) is 12.8 Å². The number of rotatable bonds is 2. The highest BCUT2D eigenvalue weighted by atomic mass is 35.5. The summed E-state index contributed by atoms with van der Waals surface area (Å²) in [5, 5.41) is 9.20. The lowest BCUT2D eigenvalue weighted by atomic mass is 9.97. The molecular weight excluding hydrogens is 291 g/mol. The van der Waals surface area contributed by atoms with Crippen LogP contribution in [0.5, 0.6) is 0 Å². The van der Waals surface area contributed by atoms with Crippen molar-refractivity contribution in [1.82, 2.24) is 9.88 Å². The van der Waals surface area contributed by atoms with Crippen molar-refractivity contribution in [3.63, 3.8) is 0 Å². The molecule has 0 saturated carbocycles. The number of halogens is 2. The number of carboxylic acid groups (broad SMARTS) is 1. The zero-order chi connectivity index (χ0) is 14.0. The Morgan fingerprint density at radius 1 is 1.26 bits per heavy atom. The zero-order valence-corrected chi connectivity index (χ0v) is 11.5. The molecule has 2 rings (SSSR count). The molecule has 2 heterocycles. The number of hydrogen-bond donors (Lipinski definition) is 1. The van der Waals surface area contributed by atoms with Crippen LogP contribution in [0.3, 0.4) is 0 Å². The molecule has 5 nitrogen and oxygen atoms in total. The Labute approximate surface area is 120 Å². The number of nitrogens with zero attached hydrogens (tertiary/aromatic N) is 2. The first-order valence-electron chi connectivity index (χ1n) is 5.83. The molecule has 0 spiro atoms. The van der Waals surface area contributed by atoms with Crippen molar-refractivity contribution in [2.75, 3.05) is 13.1 Å². The second-order valence-electron chi connectivity index (χ2n) is 4.38. The van der Waals surface area contributed by atoms with E-state index in [0.29, 0.717) is 31.5 Å². The van der Waals surface area contributed by atoms with Gasteiger partial charge in [0.15, 0.2) is 0 Å². The van der Waals surface area contributed by atoms with Crippen LogP contribution >= 0.6 is 23.2 Å². The van der Waals surface area contributed by atoms with Crippen molar-refractivity contribution in [3.8, 4) is 0 Å². The summed E-state index contributed by atoms with van der Waals surface area (Å²) in [6.07, 6.45) is 0.916. The van der Waals surface area contributed by atoms with Gasteiger partial charge in [-0.1, -0.05) is 23.2 Å². The van der Waals surface area contributed by atoms with E-state index in [0.717, 1.165) is 0 Å². The summed E-state index contributed by atoms with van der Waals surface area (Å²) in [5.41, 5.74) is 0.292. The number of pyridine rings is 1. The molecule has 1 N–H and O–H groups in total. The van der Waals surface area contributed by atoms with Crippen LogP contribution in [0.4, 0.5) is 0 Å². The van der Waals surface area contributed by atoms with E-state index in [1.54, 1.807) is 4.90 Å². The van der Waals surface area contributed by atoms with Gasteiger partial charge in [-0.15, -0.1) is 0 Å². The van der Waals surface area contributed by atoms with Gasteiger partial charge in [-0.2, -0.15) is 0 Å². The van der Waals surface area contributed by atoms with Gasteiger partial charge >= 0.3 is 5.97 Å². The molecule has 1 aromatic rings. The van der Waals surface area contributed by atoms with E-state index in [1.165, 1.54) is 12.1 Å². The first kappa shape index (κ1) is 14.1. The average Bonchev–Trinajstić information content (AvgIpc) is 2.38. The fourth-order valence-electron chi connectivity index (χ4n) is 2.07. The molecule has 0 bridgehead atoms. The fourth-order valence-corrected chi connectivity index (χ4v) is 2.50. The van der Waals surface area contributed by atoms with Crippen LogP contribution in [-0.2, 0) is 4.79 Å². The summed E-state index contributed by atoms with van der Waals surface area (Å²) in [6, 6.07) is 3.04. The number of hydrogen-bond acceptors (Lipinski definition) is 3. The highest BCUT2D eigenvalue weighted by Gasteiger charge is 2.28. The molecule has 102 valence electrons. The molecule has 1 aliphatic heterocycles. The van der Waals surface area contributed by atoms with Gasteiger partial charge in [0.1, 0.15) is 10.3 Å². The molecule has 7 heteroatoms. The molecule has 0 aromatic carbocycles. The lowest BCUT2D eigenvalue weighted by molar-refractivity contribution is -0.143.